The summed E-state index contributed by atoms with van der Waals surface area (Å²) < 4.78 is 10.6. The number of ether oxygens (including phenoxy) is 2. The number of fused-ring (bicyclic) bond motifs is 1. The van der Waals surface area contributed by atoms with Gasteiger partial charge in [-0.1, -0.05) is 6.07 Å². The Morgan fingerprint density at radius 3 is 2.33 bits per heavy atom. The highest BCUT2D eigenvalue weighted by Gasteiger charge is 2.10. The van der Waals surface area contributed by atoms with E-state index < -0.39 is 0 Å². The minimum atomic E-state index is 0.756. The highest BCUT2D eigenvalue weighted by atomic mass is 16.5. The van der Waals surface area contributed by atoms with Crippen molar-refractivity contribution in [2.24, 2.45) is 0 Å². The van der Waals surface area contributed by atoms with Crippen LogP contribution in [-0.2, 0) is 19.4 Å². The van der Waals surface area contributed by atoms with E-state index in [1.165, 1.54) is 36.1 Å². The van der Waals surface area contributed by atoms with Crippen LogP contribution < -0.4 is 14.8 Å². The summed E-state index contributed by atoms with van der Waals surface area (Å²) in [5, 5.41) is 3.48. The van der Waals surface area contributed by atoms with Gasteiger partial charge in [0.05, 0.1) is 14.2 Å². The van der Waals surface area contributed by atoms with Crippen molar-refractivity contribution in [3.8, 4) is 11.5 Å². The van der Waals surface area contributed by atoms with Gasteiger partial charge in [-0.05, 0) is 60.2 Å². The summed E-state index contributed by atoms with van der Waals surface area (Å²) in [6.07, 6.45) is 3.71. The van der Waals surface area contributed by atoms with Gasteiger partial charge in [-0.25, -0.2) is 0 Å². The van der Waals surface area contributed by atoms with Gasteiger partial charge in [0.2, 0.25) is 0 Å². The summed E-state index contributed by atoms with van der Waals surface area (Å²) in [6.45, 7) is 0.756. The number of hydrogen-bond donors (Lipinski definition) is 1. The number of benzene rings is 2. The number of nitrogens with one attached hydrogen (secondary N) is 1. The number of anilines is 1. The summed E-state index contributed by atoms with van der Waals surface area (Å²) in [5.41, 5.74) is 5.32. The molecular formula is C18H21NO2. The van der Waals surface area contributed by atoms with Gasteiger partial charge in [0.1, 0.15) is 11.5 Å². The first kappa shape index (κ1) is 13.8. The van der Waals surface area contributed by atoms with E-state index in [-0.39, 0.29) is 0 Å². The van der Waals surface area contributed by atoms with Gasteiger partial charge in [-0.2, -0.15) is 0 Å². The SMILES string of the molecule is COc1cc(CNc2ccc3c(c2)CCC3)cc(OC)c1. The van der Waals surface area contributed by atoms with Crippen molar-refractivity contribution in [3.63, 3.8) is 0 Å². The van der Waals surface area contributed by atoms with Crippen LogP contribution in [0, 0.1) is 0 Å². The second kappa shape index (κ2) is 6.08. The van der Waals surface area contributed by atoms with E-state index in [0.717, 1.165) is 23.6 Å². The summed E-state index contributed by atoms with van der Waals surface area (Å²) in [7, 11) is 3.35. The lowest BCUT2D eigenvalue weighted by atomic mass is 10.1. The van der Waals surface area contributed by atoms with Crippen LogP contribution in [-0.4, -0.2) is 14.2 Å². The average molecular weight is 283 g/mol. The maximum atomic E-state index is 5.30. The van der Waals surface area contributed by atoms with Crippen molar-refractivity contribution >= 4 is 5.69 Å². The van der Waals surface area contributed by atoms with E-state index in [1.807, 2.05) is 18.2 Å². The highest BCUT2D eigenvalue weighted by Crippen LogP contribution is 2.26. The number of aryl methyl sites for hydroxylation is 2. The van der Waals surface area contributed by atoms with Gasteiger partial charge in [0.15, 0.2) is 0 Å². The maximum Gasteiger partial charge on any atom is 0.122 e. The molecule has 0 saturated carbocycles. The van der Waals surface area contributed by atoms with Crippen LogP contribution in [0.5, 0.6) is 11.5 Å². The van der Waals surface area contributed by atoms with Crippen molar-refractivity contribution in [2.75, 3.05) is 19.5 Å². The summed E-state index contributed by atoms with van der Waals surface area (Å²) in [5.74, 6) is 1.64. The molecule has 0 fully saturated rings. The molecule has 1 aliphatic rings. The Morgan fingerprint density at radius 1 is 0.905 bits per heavy atom. The van der Waals surface area contributed by atoms with Gasteiger partial charge in [0, 0.05) is 18.3 Å². The van der Waals surface area contributed by atoms with Crippen LogP contribution in [0.25, 0.3) is 0 Å². The molecule has 0 aliphatic heterocycles. The van der Waals surface area contributed by atoms with E-state index in [9.17, 15) is 0 Å². The first-order chi connectivity index (χ1) is 10.3. The van der Waals surface area contributed by atoms with Crippen molar-refractivity contribution in [1.82, 2.24) is 0 Å². The Morgan fingerprint density at radius 2 is 1.62 bits per heavy atom. The first-order valence-electron chi connectivity index (χ1n) is 7.36. The molecule has 0 bridgehead atoms. The van der Waals surface area contributed by atoms with E-state index in [2.05, 4.69) is 23.5 Å². The molecule has 2 aromatic carbocycles. The van der Waals surface area contributed by atoms with E-state index in [1.54, 1.807) is 14.2 Å². The fourth-order valence-corrected chi connectivity index (χ4v) is 2.85. The third kappa shape index (κ3) is 3.13. The lowest BCUT2D eigenvalue weighted by molar-refractivity contribution is 0.393. The molecule has 1 N–H and O–H groups in total. The smallest absolute Gasteiger partial charge is 0.122 e. The van der Waals surface area contributed by atoms with Crippen LogP contribution in [0.4, 0.5) is 5.69 Å². The third-order valence-electron chi connectivity index (χ3n) is 4.01. The fourth-order valence-electron chi connectivity index (χ4n) is 2.85. The Labute approximate surface area is 125 Å². The van der Waals surface area contributed by atoms with E-state index >= 15 is 0 Å². The molecule has 2 aromatic rings. The molecule has 0 atom stereocenters. The van der Waals surface area contributed by atoms with E-state index in [4.69, 9.17) is 9.47 Å². The quantitative estimate of drug-likeness (QED) is 0.905. The van der Waals surface area contributed by atoms with Gasteiger partial charge in [-0.15, -0.1) is 0 Å². The van der Waals surface area contributed by atoms with Crippen LogP contribution in [0.1, 0.15) is 23.1 Å². The topological polar surface area (TPSA) is 30.5 Å². The minimum Gasteiger partial charge on any atom is -0.497 e. The molecule has 0 radical (unpaired) electrons. The first-order valence-corrected chi connectivity index (χ1v) is 7.36. The summed E-state index contributed by atoms with van der Waals surface area (Å²) in [4.78, 5) is 0. The fraction of sp³-hybridized carbons (Fsp3) is 0.333. The molecule has 0 saturated heterocycles. The number of rotatable bonds is 5. The lowest BCUT2D eigenvalue weighted by Crippen LogP contribution is -2.01. The van der Waals surface area contributed by atoms with Crippen LogP contribution >= 0.6 is 0 Å². The Bertz CT molecular complexity index is 615. The zero-order chi connectivity index (χ0) is 14.7. The minimum absolute atomic E-state index is 0.756. The van der Waals surface area contributed by atoms with Gasteiger partial charge in [-0.3, -0.25) is 0 Å². The molecular weight excluding hydrogens is 262 g/mol. The second-order valence-electron chi connectivity index (χ2n) is 5.41. The van der Waals surface area contributed by atoms with Gasteiger partial charge >= 0.3 is 0 Å². The third-order valence-corrected chi connectivity index (χ3v) is 4.01. The van der Waals surface area contributed by atoms with Gasteiger partial charge in [0.25, 0.3) is 0 Å². The average Bonchev–Trinajstić information content (AvgIpc) is 3.00. The van der Waals surface area contributed by atoms with E-state index in [0.29, 0.717) is 0 Å². The maximum absolute atomic E-state index is 5.30. The normalized spacial score (nSPS) is 12.9. The molecule has 0 spiro atoms. The number of methoxy groups -OCH3 is 2. The molecule has 3 rings (SSSR count). The second-order valence-corrected chi connectivity index (χ2v) is 5.41. The zero-order valence-corrected chi connectivity index (χ0v) is 12.6. The summed E-state index contributed by atoms with van der Waals surface area (Å²) in [6, 6.07) is 12.6. The van der Waals surface area contributed by atoms with Gasteiger partial charge < -0.3 is 14.8 Å². The molecule has 0 aromatic heterocycles. The van der Waals surface area contributed by atoms with Crippen molar-refractivity contribution in [2.45, 2.75) is 25.8 Å². The summed E-state index contributed by atoms with van der Waals surface area (Å²) >= 11 is 0. The van der Waals surface area contributed by atoms with Crippen LogP contribution in [0.15, 0.2) is 36.4 Å². The zero-order valence-electron chi connectivity index (χ0n) is 12.6. The molecule has 1 aliphatic carbocycles. The predicted octanol–water partition coefficient (Wildman–Crippen LogP) is 3.80. The van der Waals surface area contributed by atoms with Crippen LogP contribution in [0.3, 0.4) is 0 Å². The van der Waals surface area contributed by atoms with Crippen molar-refractivity contribution in [3.05, 3.63) is 53.1 Å². The Kier molecular flexibility index (Phi) is 4.00. The molecule has 3 nitrogen and oxygen atoms in total. The Balaban J connectivity index is 1.72. The number of hydrogen-bond acceptors (Lipinski definition) is 3. The molecule has 110 valence electrons. The molecule has 0 amide bonds. The standard InChI is InChI=1S/C18H21NO2/c1-20-17-8-13(9-18(11-17)21-2)12-19-16-7-6-14-4-3-5-15(14)10-16/h6-11,19H,3-5,12H2,1-2H3. The van der Waals surface area contributed by atoms with Crippen molar-refractivity contribution in [1.29, 1.82) is 0 Å². The highest BCUT2D eigenvalue weighted by molar-refractivity contribution is 5.51. The molecule has 3 heteroatoms. The Hall–Kier alpha value is -2.16. The van der Waals surface area contributed by atoms with Crippen LogP contribution in [0.2, 0.25) is 0 Å². The van der Waals surface area contributed by atoms with Crippen molar-refractivity contribution < 1.29 is 9.47 Å². The largest absolute Gasteiger partial charge is 0.497 e. The predicted molar refractivity (Wildman–Crippen MR) is 85.3 cm³/mol. The molecule has 21 heavy (non-hydrogen) atoms. The monoisotopic (exact) mass is 283 g/mol. The molecule has 0 unspecified atom stereocenters. The molecule has 0 heterocycles. The lowest BCUT2D eigenvalue weighted by Gasteiger charge is -2.11.